The van der Waals surface area contributed by atoms with E-state index in [9.17, 15) is 9.59 Å². The number of nitrogens with one attached hydrogen (secondary N) is 2. The minimum atomic E-state index is -0.259. The molecule has 0 saturated carbocycles. The fraction of sp³-hybridized carbons (Fsp3) is 0.190. The van der Waals surface area contributed by atoms with Crippen LogP contribution in [0.2, 0.25) is 0 Å². The number of aromatic amines is 1. The van der Waals surface area contributed by atoms with Crippen LogP contribution in [-0.4, -0.2) is 26.9 Å². The molecule has 0 aliphatic heterocycles. The molecule has 0 bridgehead atoms. The molecule has 0 saturated heterocycles. The summed E-state index contributed by atoms with van der Waals surface area (Å²) < 4.78 is 3.89. The Balaban J connectivity index is 1.84. The van der Waals surface area contributed by atoms with Crippen molar-refractivity contribution in [3.8, 4) is 0 Å². The second kappa shape index (κ2) is 7.52. The Labute approximate surface area is 166 Å². The van der Waals surface area contributed by atoms with Crippen LogP contribution < -0.4 is 10.3 Å². The number of carbonyl (C=O) groups excluding carboxylic acids is 1. The second-order valence-corrected chi connectivity index (χ2v) is 7.28. The van der Waals surface area contributed by atoms with E-state index < -0.39 is 0 Å². The number of hydrogen-bond acceptors (Lipinski definition) is 4. The van der Waals surface area contributed by atoms with E-state index in [0.29, 0.717) is 11.8 Å². The Kier molecular flexibility index (Phi) is 4.92. The van der Waals surface area contributed by atoms with Crippen LogP contribution in [0.3, 0.4) is 0 Å². The Morgan fingerprint density at radius 1 is 1.18 bits per heavy atom. The number of rotatable bonds is 5. The SMILES string of the molecule is CSNC(=O)Cn1nc(Cc2c[nH]c3cccc(C)c23)c2ccccc2c1=O. The highest BCUT2D eigenvalue weighted by molar-refractivity contribution is 7.97. The van der Waals surface area contributed by atoms with Crippen LogP contribution in [0.25, 0.3) is 21.7 Å². The van der Waals surface area contributed by atoms with E-state index in [4.69, 9.17) is 0 Å². The number of aromatic nitrogens is 3. The van der Waals surface area contributed by atoms with E-state index in [1.807, 2.05) is 36.5 Å². The van der Waals surface area contributed by atoms with Crippen molar-refractivity contribution in [2.75, 3.05) is 6.26 Å². The number of amides is 1. The van der Waals surface area contributed by atoms with Gasteiger partial charge in [0.25, 0.3) is 11.5 Å². The van der Waals surface area contributed by atoms with Gasteiger partial charge in [-0.3, -0.25) is 14.3 Å². The van der Waals surface area contributed by atoms with Crippen molar-refractivity contribution in [2.24, 2.45) is 0 Å². The fourth-order valence-corrected chi connectivity index (χ4v) is 3.89. The van der Waals surface area contributed by atoms with Gasteiger partial charge >= 0.3 is 0 Å². The summed E-state index contributed by atoms with van der Waals surface area (Å²) in [5, 5.41) is 7.11. The number of aryl methyl sites for hydroxylation is 1. The van der Waals surface area contributed by atoms with Gasteiger partial charge < -0.3 is 4.98 Å². The van der Waals surface area contributed by atoms with Crippen LogP contribution in [0.4, 0.5) is 0 Å². The van der Waals surface area contributed by atoms with Gasteiger partial charge in [-0.25, -0.2) is 4.68 Å². The van der Waals surface area contributed by atoms with Crippen LogP contribution in [0.15, 0.2) is 53.5 Å². The summed E-state index contributed by atoms with van der Waals surface area (Å²) in [4.78, 5) is 28.1. The molecule has 0 radical (unpaired) electrons. The summed E-state index contributed by atoms with van der Waals surface area (Å²) in [7, 11) is 0. The van der Waals surface area contributed by atoms with E-state index in [0.717, 1.165) is 22.2 Å². The highest BCUT2D eigenvalue weighted by Crippen LogP contribution is 2.25. The molecule has 4 aromatic rings. The van der Waals surface area contributed by atoms with Gasteiger partial charge in [-0.15, -0.1) is 0 Å². The van der Waals surface area contributed by atoms with Crippen molar-refractivity contribution in [3.05, 3.63) is 75.8 Å². The first-order valence-electron chi connectivity index (χ1n) is 8.94. The molecule has 0 fully saturated rings. The standard InChI is InChI=1S/C21H20N4O2S/c1-13-6-5-9-17-20(13)14(11-22-17)10-18-15-7-3-4-8-16(15)21(27)25(23-18)12-19(26)24-28-2/h3-9,11,22H,10,12H2,1-2H3,(H,24,26). The molecule has 7 heteroatoms. The van der Waals surface area contributed by atoms with Crippen LogP contribution in [0.1, 0.15) is 16.8 Å². The van der Waals surface area contributed by atoms with Gasteiger partial charge in [-0.2, -0.15) is 5.10 Å². The molecule has 4 rings (SSSR count). The largest absolute Gasteiger partial charge is 0.361 e. The molecular formula is C21H20N4O2S. The minimum Gasteiger partial charge on any atom is -0.361 e. The predicted octanol–water partition coefficient (Wildman–Crippen LogP) is 3.17. The summed E-state index contributed by atoms with van der Waals surface area (Å²) in [5.41, 5.74) is 3.89. The van der Waals surface area contributed by atoms with Crippen LogP contribution in [0.5, 0.6) is 0 Å². The fourth-order valence-electron chi connectivity index (χ4n) is 3.60. The molecule has 0 spiro atoms. The van der Waals surface area contributed by atoms with Crippen LogP contribution in [-0.2, 0) is 17.8 Å². The first kappa shape index (κ1) is 18.3. The Bertz CT molecular complexity index is 1240. The zero-order valence-corrected chi connectivity index (χ0v) is 16.5. The lowest BCUT2D eigenvalue weighted by molar-refractivity contribution is -0.120. The van der Waals surface area contributed by atoms with Crippen molar-refractivity contribution in [3.63, 3.8) is 0 Å². The third-order valence-corrected chi connectivity index (χ3v) is 5.24. The molecule has 2 aromatic heterocycles. The van der Waals surface area contributed by atoms with E-state index in [1.165, 1.54) is 27.6 Å². The summed E-state index contributed by atoms with van der Waals surface area (Å²) >= 11 is 1.20. The smallest absolute Gasteiger partial charge is 0.275 e. The molecule has 142 valence electrons. The van der Waals surface area contributed by atoms with Crippen molar-refractivity contribution in [1.29, 1.82) is 0 Å². The first-order chi connectivity index (χ1) is 13.6. The first-order valence-corrected chi connectivity index (χ1v) is 10.2. The maximum absolute atomic E-state index is 12.8. The molecule has 2 aromatic carbocycles. The number of carbonyl (C=O) groups is 1. The van der Waals surface area contributed by atoms with E-state index in [-0.39, 0.29) is 18.0 Å². The maximum Gasteiger partial charge on any atom is 0.275 e. The Hall–Kier alpha value is -3.06. The van der Waals surface area contributed by atoms with Gasteiger partial charge in [-0.05, 0) is 30.2 Å². The average molecular weight is 392 g/mol. The summed E-state index contributed by atoms with van der Waals surface area (Å²) in [6.45, 7) is 1.98. The van der Waals surface area contributed by atoms with Gasteiger partial charge in [0.1, 0.15) is 6.54 Å². The van der Waals surface area contributed by atoms with E-state index in [1.54, 1.807) is 12.3 Å². The average Bonchev–Trinajstić information content (AvgIpc) is 3.10. The van der Waals surface area contributed by atoms with Crippen molar-refractivity contribution >= 4 is 39.5 Å². The quantitative estimate of drug-likeness (QED) is 0.511. The molecule has 0 unspecified atom stereocenters. The van der Waals surface area contributed by atoms with Gasteiger partial charge in [-0.1, -0.05) is 42.3 Å². The van der Waals surface area contributed by atoms with Crippen molar-refractivity contribution < 1.29 is 4.79 Å². The normalized spacial score (nSPS) is 11.2. The monoisotopic (exact) mass is 392 g/mol. The molecule has 2 N–H and O–H groups in total. The highest BCUT2D eigenvalue weighted by atomic mass is 32.2. The summed E-state index contributed by atoms with van der Waals surface area (Å²) in [6.07, 6.45) is 4.32. The third kappa shape index (κ3) is 3.29. The van der Waals surface area contributed by atoms with Gasteiger partial charge in [0.2, 0.25) is 0 Å². The molecule has 6 nitrogen and oxygen atoms in total. The van der Waals surface area contributed by atoms with Gasteiger partial charge in [0, 0.05) is 35.2 Å². The number of nitrogens with zero attached hydrogens (tertiary/aromatic N) is 2. The molecule has 1 amide bonds. The van der Waals surface area contributed by atoms with Crippen molar-refractivity contribution in [2.45, 2.75) is 19.9 Å². The highest BCUT2D eigenvalue weighted by Gasteiger charge is 2.15. The van der Waals surface area contributed by atoms with Crippen molar-refractivity contribution in [1.82, 2.24) is 19.5 Å². The molecule has 0 atom stereocenters. The molecule has 2 heterocycles. The lowest BCUT2D eigenvalue weighted by atomic mass is 10.0. The molecule has 28 heavy (non-hydrogen) atoms. The molecule has 0 aliphatic carbocycles. The van der Waals surface area contributed by atoms with Gasteiger partial charge in [0.15, 0.2) is 0 Å². The number of benzene rings is 2. The Morgan fingerprint density at radius 3 is 2.75 bits per heavy atom. The number of H-pyrrole nitrogens is 1. The lowest BCUT2D eigenvalue weighted by Gasteiger charge is -2.11. The summed E-state index contributed by atoms with van der Waals surface area (Å²) in [6, 6.07) is 13.6. The minimum absolute atomic E-state index is 0.107. The zero-order valence-electron chi connectivity index (χ0n) is 15.7. The number of fused-ring (bicyclic) bond motifs is 2. The predicted molar refractivity (Wildman–Crippen MR) is 114 cm³/mol. The summed E-state index contributed by atoms with van der Waals surface area (Å²) in [5.74, 6) is -0.258. The van der Waals surface area contributed by atoms with Gasteiger partial charge in [0.05, 0.1) is 11.1 Å². The van der Waals surface area contributed by atoms with Crippen LogP contribution >= 0.6 is 11.9 Å². The molecule has 0 aliphatic rings. The van der Waals surface area contributed by atoms with E-state index in [2.05, 4.69) is 27.8 Å². The third-order valence-electron chi connectivity index (χ3n) is 4.81. The van der Waals surface area contributed by atoms with Crippen LogP contribution in [0, 0.1) is 6.92 Å². The van der Waals surface area contributed by atoms with E-state index >= 15 is 0 Å². The zero-order chi connectivity index (χ0) is 19.7. The topological polar surface area (TPSA) is 79.8 Å². The second-order valence-electron chi connectivity index (χ2n) is 6.67. The molecular weight excluding hydrogens is 372 g/mol. The lowest BCUT2D eigenvalue weighted by Crippen LogP contribution is -2.31. The number of hydrogen-bond donors (Lipinski definition) is 2. The Morgan fingerprint density at radius 2 is 1.96 bits per heavy atom. The maximum atomic E-state index is 12.8.